The number of nitrogens with zero attached hydrogens (tertiary/aromatic N) is 4. The predicted octanol–water partition coefficient (Wildman–Crippen LogP) is 1.56. The van der Waals surface area contributed by atoms with E-state index in [2.05, 4.69) is 33.9 Å². The molecule has 0 spiro atoms. The fraction of sp³-hybridized carbons (Fsp3) is 0.769. The molecule has 18 heavy (non-hydrogen) atoms. The lowest BCUT2D eigenvalue weighted by molar-refractivity contribution is 0.665. The smallest absolute Gasteiger partial charge is 0.245 e. The third-order valence-electron chi connectivity index (χ3n) is 3.04. The maximum Gasteiger partial charge on any atom is 0.245 e. The summed E-state index contributed by atoms with van der Waals surface area (Å²) in [6, 6.07) is 0. The first-order valence-electron chi connectivity index (χ1n) is 6.86. The van der Waals surface area contributed by atoms with E-state index in [1.165, 1.54) is 0 Å². The van der Waals surface area contributed by atoms with Gasteiger partial charge in [-0.1, -0.05) is 20.3 Å². The molecule has 102 valence electrons. The number of unbranched alkanes of at least 4 members (excludes halogenated alkanes) is 2. The van der Waals surface area contributed by atoms with Crippen LogP contribution < -0.4 is 10.6 Å². The van der Waals surface area contributed by atoms with Gasteiger partial charge in [0.1, 0.15) is 0 Å². The van der Waals surface area contributed by atoms with Crippen molar-refractivity contribution in [3.63, 3.8) is 0 Å². The van der Waals surface area contributed by atoms with Crippen LogP contribution in [0.5, 0.6) is 0 Å². The molecule has 1 aromatic rings. The lowest BCUT2D eigenvalue weighted by atomic mass is 10.2. The molecule has 1 rings (SSSR count). The van der Waals surface area contributed by atoms with Crippen molar-refractivity contribution in [2.24, 2.45) is 5.73 Å². The minimum atomic E-state index is 0.733. The second-order valence-electron chi connectivity index (χ2n) is 4.48. The molecule has 0 aliphatic rings. The number of aromatic nitrogens is 3. The van der Waals surface area contributed by atoms with Crippen molar-refractivity contribution in [2.75, 3.05) is 25.0 Å². The Hall–Kier alpha value is -1.23. The van der Waals surface area contributed by atoms with E-state index >= 15 is 0 Å². The van der Waals surface area contributed by atoms with Gasteiger partial charge in [0.05, 0.1) is 11.4 Å². The minimum Gasteiger partial charge on any atom is -0.343 e. The Morgan fingerprint density at radius 1 is 1.00 bits per heavy atom. The van der Waals surface area contributed by atoms with Crippen LogP contribution in [0.1, 0.15) is 44.5 Å². The minimum absolute atomic E-state index is 0.733. The van der Waals surface area contributed by atoms with Gasteiger partial charge in [0, 0.05) is 13.6 Å². The highest BCUT2D eigenvalue weighted by Gasteiger charge is 2.09. The van der Waals surface area contributed by atoms with Crippen molar-refractivity contribution in [3.8, 4) is 0 Å². The Kier molecular flexibility index (Phi) is 6.57. The molecular formula is C13H25N5. The van der Waals surface area contributed by atoms with E-state index in [9.17, 15) is 0 Å². The van der Waals surface area contributed by atoms with Gasteiger partial charge in [0.15, 0.2) is 0 Å². The van der Waals surface area contributed by atoms with Gasteiger partial charge in [-0.05, 0) is 32.2 Å². The summed E-state index contributed by atoms with van der Waals surface area (Å²) in [6.45, 7) is 5.92. The van der Waals surface area contributed by atoms with Crippen molar-refractivity contribution < 1.29 is 0 Å². The Bertz CT molecular complexity index is 353. The highest BCUT2D eigenvalue weighted by molar-refractivity contribution is 5.28. The van der Waals surface area contributed by atoms with Crippen LogP contribution in [-0.4, -0.2) is 35.3 Å². The molecular weight excluding hydrogens is 226 g/mol. The fourth-order valence-corrected chi connectivity index (χ4v) is 1.86. The summed E-state index contributed by atoms with van der Waals surface area (Å²) in [6.07, 6.45) is 5.16. The third-order valence-corrected chi connectivity index (χ3v) is 3.04. The number of hydrogen-bond donors (Lipinski definition) is 1. The monoisotopic (exact) mass is 251 g/mol. The maximum atomic E-state index is 5.48. The fourth-order valence-electron chi connectivity index (χ4n) is 1.86. The molecule has 1 heterocycles. The molecule has 1 aromatic heterocycles. The SMILES string of the molecule is CCc1nnc(N(C)CCCCCN)nc1CC. The van der Waals surface area contributed by atoms with Crippen LogP contribution in [0.25, 0.3) is 0 Å². The largest absolute Gasteiger partial charge is 0.343 e. The van der Waals surface area contributed by atoms with Crippen LogP contribution in [0.2, 0.25) is 0 Å². The number of anilines is 1. The molecule has 5 nitrogen and oxygen atoms in total. The van der Waals surface area contributed by atoms with Crippen molar-refractivity contribution in [1.29, 1.82) is 0 Å². The molecule has 5 heteroatoms. The molecule has 2 N–H and O–H groups in total. The maximum absolute atomic E-state index is 5.48. The molecule has 0 aromatic carbocycles. The molecule has 0 fully saturated rings. The van der Waals surface area contributed by atoms with Crippen molar-refractivity contribution in [3.05, 3.63) is 11.4 Å². The molecule has 0 amide bonds. The van der Waals surface area contributed by atoms with E-state index < -0.39 is 0 Å². The molecule has 0 bridgehead atoms. The van der Waals surface area contributed by atoms with E-state index in [1.807, 2.05) is 7.05 Å². The zero-order valence-electron chi connectivity index (χ0n) is 11.8. The summed E-state index contributed by atoms with van der Waals surface area (Å²) in [4.78, 5) is 6.66. The quantitative estimate of drug-likeness (QED) is 0.710. The molecule has 0 saturated heterocycles. The molecule has 0 saturated carbocycles. The van der Waals surface area contributed by atoms with Crippen LogP contribution in [0.4, 0.5) is 5.95 Å². The van der Waals surface area contributed by atoms with Gasteiger partial charge >= 0.3 is 0 Å². The topological polar surface area (TPSA) is 67.9 Å². The zero-order chi connectivity index (χ0) is 13.4. The lowest BCUT2D eigenvalue weighted by Crippen LogP contribution is -2.22. The van der Waals surface area contributed by atoms with Gasteiger partial charge in [-0.3, -0.25) is 0 Å². The van der Waals surface area contributed by atoms with Crippen molar-refractivity contribution in [1.82, 2.24) is 15.2 Å². The normalized spacial score (nSPS) is 10.7. The van der Waals surface area contributed by atoms with Gasteiger partial charge in [-0.25, -0.2) is 4.98 Å². The summed E-state index contributed by atoms with van der Waals surface area (Å²) in [7, 11) is 2.02. The zero-order valence-corrected chi connectivity index (χ0v) is 11.8. The third kappa shape index (κ3) is 4.22. The van der Waals surface area contributed by atoms with Gasteiger partial charge in [-0.15, -0.1) is 5.10 Å². The Balaban J connectivity index is 2.59. The first-order valence-corrected chi connectivity index (χ1v) is 6.86. The second kappa shape index (κ2) is 7.97. The van der Waals surface area contributed by atoms with E-state index in [4.69, 9.17) is 5.73 Å². The van der Waals surface area contributed by atoms with Gasteiger partial charge in [-0.2, -0.15) is 5.10 Å². The molecule has 0 radical (unpaired) electrons. The van der Waals surface area contributed by atoms with E-state index in [0.717, 1.165) is 62.5 Å². The second-order valence-corrected chi connectivity index (χ2v) is 4.48. The average Bonchev–Trinajstić information content (AvgIpc) is 2.42. The Morgan fingerprint density at radius 3 is 2.33 bits per heavy atom. The summed E-state index contributed by atoms with van der Waals surface area (Å²) < 4.78 is 0. The Labute approximate surface area is 110 Å². The highest BCUT2D eigenvalue weighted by atomic mass is 15.3. The van der Waals surface area contributed by atoms with Crippen LogP contribution in [0, 0.1) is 0 Å². The number of rotatable bonds is 8. The molecule has 0 unspecified atom stereocenters. The number of aryl methyl sites for hydroxylation is 2. The summed E-state index contributed by atoms with van der Waals surface area (Å²) >= 11 is 0. The van der Waals surface area contributed by atoms with Crippen molar-refractivity contribution >= 4 is 5.95 Å². The first kappa shape index (κ1) is 14.8. The van der Waals surface area contributed by atoms with Crippen LogP contribution >= 0.6 is 0 Å². The summed E-state index contributed by atoms with van der Waals surface area (Å²) in [5, 5.41) is 8.46. The first-order chi connectivity index (χ1) is 8.72. The van der Waals surface area contributed by atoms with Crippen LogP contribution in [-0.2, 0) is 12.8 Å². The molecule has 0 aliphatic carbocycles. The summed E-state index contributed by atoms with van der Waals surface area (Å²) in [5.41, 5.74) is 7.56. The number of nitrogens with two attached hydrogens (primary N) is 1. The van der Waals surface area contributed by atoms with Crippen molar-refractivity contribution in [2.45, 2.75) is 46.0 Å². The van der Waals surface area contributed by atoms with Crippen LogP contribution in [0.15, 0.2) is 0 Å². The van der Waals surface area contributed by atoms with Gasteiger partial charge < -0.3 is 10.6 Å². The number of hydrogen-bond acceptors (Lipinski definition) is 5. The van der Waals surface area contributed by atoms with Crippen LogP contribution in [0.3, 0.4) is 0 Å². The average molecular weight is 251 g/mol. The van der Waals surface area contributed by atoms with Gasteiger partial charge in [0.25, 0.3) is 0 Å². The van der Waals surface area contributed by atoms with E-state index in [1.54, 1.807) is 0 Å². The summed E-state index contributed by atoms with van der Waals surface area (Å²) in [5.74, 6) is 0.733. The van der Waals surface area contributed by atoms with Gasteiger partial charge in [0.2, 0.25) is 5.95 Å². The standard InChI is InChI=1S/C13H25N5/c1-4-11-12(5-2)16-17-13(15-11)18(3)10-8-6-7-9-14/h4-10,14H2,1-3H3. The lowest BCUT2D eigenvalue weighted by Gasteiger charge is -2.17. The van der Waals surface area contributed by atoms with E-state index in [0.29, 0.717) is 0 Å². The Morgan fingerprint density at radius 2 is 1.72 bits per heavy atom. The molecule has 0 aliphatic heterocycles. The highest BCUT2D eigenvalue weighted by Crippen LogP contribution is 2.10. The predicted molar refractivity (Wildman–Crippen MR) is 74.8 cm³/mol. The van der Waals surface area contributed by atoms with E-state index in [-0.39, 0.29) is 0 Å². The molecule has 0 atom stereocenters.